The highest BCUT2D eigenvalue weighted by Gasteiger charge is 2.12. The summed E-state index contributed by atoms with van der Waals surface area (Å²) in [5.41, 5.74) is 6.02. The van der Waals surface area contributed by atoms with Gasteiger partial charge in [-0.25, -0.2) is 5.43 Å². The largest absolute Gasteiger partial charge is 0.289 e. The van der Waals surface area contributed by atoms with Crippen molar-refractivity contribution < 1.29 is 4.79 Å². The molecule has 0 fully saturated rings. The molecule has 0 spiro atoms. The SMILES string of the molecule is Cc1ccc(/C=N\NC(=O)c2cc(-c3ccc(Cl)cc3Cl)n[nH]2)cc1. The van der Waals surface area contributed by atoms with Gasteiger partial charge in [-0.15, -0.1) is 0 Å². The van der Waals surface area contributed by atoms with E-state index in [-0.39, 0.29) is 5.69 Å². The molecule has 1 amide bonds. The van der Waals surface area contributed by atoms with Gasteiger partial charge in [-0.3, -0.25) is 9.89 Å². The van der Waals surface area contributed by atoms with Crippen LogP contribution in [0.1, 0.15) is 21.6 Å². The Morgan fingerprint density at radius 2 is 1.92 bits per heavy atom. The zero-order chi connectivity index (χ0) is 17.8. The van der Waals surface area contributed by atoms with Gasteiger partial charge in [0.2, 0.25) is 0 Å². The van der Waals surface area contributed by atoms with Crippen LogP contribution in [0, 0.1) is 6.92 Å². The molecule has 1 heterocycles. The lowest BCUT2D eigenvalue weighted by molar-refractivity contribution is 0.0950. The first-order valence-electron chi connectivity index (χ1n) is 7.44. The van der Waals surface area contributed by atoms with Crippen molar-refractivity contribution in [1.82, 2.24) is 15.6 Å². The Morgan fingerprint density at radius 3 is 2.64 bits per heavy atom. The average molecular weight is 373 g/mol. The molecule has 0 saturated heterocycles. The fourth-order valence-electron chi connectivity index (χ4n) is 2.15. The number of carbonyl (C=O) groups excluding carboxylic acids is 1. The summed E-state index contributed by atoms with van der Waals surface area (Å²) in [6, 6.07) is 14.5. The van der Waals surface area contributed by atoms with Gasteiger partial charge < -0.3 is 0 Å². The molecular formula is C18H14Cl2N4O. The zero-order valence-corrected chi connectivity index (χ0v) is 14.8. The summed E-state index contributed by atoms with van der Waals surface area (Å²) in [5.74, 6) is -0.396. The van der Waals surface area contributed by atoms with Gasteiger partial charge in [0.1, 0.15) is 5.69 Å². The Morgan fingerprint density at radius 1 is 1.16 bits per heavy atom. The Kier molecular flexibility index (Phi) is 5.16. The minimum Gasteiger partial charge on any atom is -0.272 e. The summed E-state index contributed by atoms with van der Waals surface area (Å²) in [4.78, 5) is 12.1. The number of hydrazone groups is 1. The maximum Gasteiger partial charge on any atom is 0.289 e. The predicted octanol–water partition coefficient (Wildman–Crippen LogP) is 4.46. The Bertz CT molecular complexity index is 933. The maximum atomic E-state index is 12.1. The van der Waals surface area contributed by atoms with Crippen LogP contribution in [0.25, 0.3) is 11.3 Å². The number of amides is 1. The minimum atomic E-state index is -0.396. The molecule has 0 unspecified atom stereocenters. The fraction of sp³-hybridized carbons (Fsp3) is 0.0556. The molecule has 3 rings (SSSR count). The van der Waals surface area contributed by atoms with Crippen molar-refractivity contribution in [3.8, 4) is 11.3 Å². The number of carbonyl (C=O) groups is 1. The van der Waals surface area contributed by atoms with Crippen LogP contribution >= 0.6 is 23.2 Å². The number of H-pyrrole nitrogens is 1. The number of hydrogen-bond donors (Lipinski definition) is 2. The number of halogens is 2. The number of rotatable bonds is 4. The quantitative estimate of drug-likeness (QED) is 0.524. The standard InChI is InChI=1S/C18H14Cl2N4O/c1-11-2-4-12(5-3-11)10-21-24-18(25)17-9-16(22-23-17)14-7-6-13(19)8-15(14)20/h2-10H,1H3,(H,22,23)(H,24,25)/b21-10-. The van der Waals surface area contributed by atoms with E-state index in [1.54, 1.807) is 30.5 Å². The van der Waals surface area contributed by atoms with Gasteiger partial charge >= 0.3 is 0 Å². The summed E-state index contributed by atoms with van der Waals surface area (Å²) < 4.78 is 0. The van der Waals surface area contributed by atoms with Crippen LogP contribution in [0.3, 0.4) is 0 Å². The minimum absolute atomic E-state index is 0.280. The van der Waals surface area contributed by atoms with Crippen LogP contribution in [0.5, 0.6) is 0 Å². The van der Waals surface area contributed by atoms with Crippen LogP contribution in [-0.2, 0) is 0 Å². The summed E-state index contributed by atoms with van der Waals surface area (Å²) >= 11 is 12.0. The number of aryl methyl sites for hydroxylation is 1. The van der Waals surface area contributed by atoms with Gasteiger partial charge in [-0.05, 0) is 36.8 Å². The molecule has 7 heteroatoms. The molecule has 3 aromatic rings. The van der Waals surface area contributed by atoms with Crippen LogP contribution < -0.4 is 5.43 Å². The maximum absolute atomic E-state index is 12.1. The third-order valence-corrected chi connectivity index (χ3v) is 4.03. The number of benzene rings is 2. The van der Waals surface area contributed by atoms with Crippen molar-refractivity contribution in [2.24, 2.45) is 5.10 Å². The van der Waals surface area contributed by atoms with Gasteiger partial charge in [-0.2, -0.15) is 10.2 Å². The molecule has 0 bridgehead atoms. The summed E-state index contributed by atoms with van der Waals surface area (Å²) in [7, 11) is 0. The monoisotopic (exact) mass is 372 g/mol. The number of hydrogen-bond acceptors (Lipinski definition) is 3. The molecule has 126 valence electrons. The molecule has 2 aromatic carbocycles. The molecule has 25 heavy (non-hydrogen) atoms. The zero-order valence-electron chi connectivity index (χ0n) is 13.3. The molecule has 1 aromatic heterocycles. The van der Waals surface area contributed by atoms with Crippen molar-refractivity contribution >= 4 is 35.3 Å². The van der Waals surface area contributed by atoms with Gasteiger partial charge in [-0.1, -0.05) is 53.0 Å². The van der Waals surface area contributed by atoms with Gasteiger partial charge in [0, 0.05) is 10.6 Å². The second-order valence-electron chi connectivity index (χ2n) is 5.40. The first kappa shape index (κ1) is 17.2. The lowest BCUT2D eigenvalue weighted by atomic mass is 10.1. The normalized spacial score (nSPS) is 11.0. The van der Waals surface area contributed by atoms with E-state index in [0.29, 0.717) is 21.3 Å². The van der Waals surface area contributed by atoms with E-state index in [0.717, 1.165) is 11.1 Å². The molecule has 0 aliphatic rings. The van der Waals surface area contributed by atoms with E-state index in [9.17, 15) is 4.79 Å². The average Bonchev–Trinajstić information content (AvgIpc) is 3.06. The van der Waals surface area contributed by atoms with Gasteiger partial charge in [0.15, 0.2) is 0 Å². The predicted molar refractivity (Wildman–Crippen MR) is 100 cm³/mol. The van der Waals surface area contributed by atoms with Crippen molar-refractivity contribution in [1.29, 1.82) is 0 Å². The molecular weight excluding hydrogens is 359 g/mol. The number of nitrogens with zero attached hydrogens (tertiary/aromatic N) is 2. The van der Waals surface area contributed by atoms with Crippen LogP contribution in [-0.4, -0.2) is 22.3 Å². The Labute approximate surface area is 154 Å². The van der Waals surface area contributed by atoms with E-state index < -0.39 is 5.91 Å². The summed E-state index contributed by atoms with van der Waals surface area (Å²) in [5, 5.41) is 11.7. The second-order valence-corrected chi connectivity index (χ2v) is 6.24. The number of nitrogens with one attached hydrogen (secondary N) is 2. The third kappa shape index (κ3) is 4.26. The highest BCUT2D eigenvalue weighted by atomic mass is 35.5. The molecule has 0 saturated carbocycles. The van der Waals surface area contributed by atoms with Crippen LogP contribution in [0.4, 0.5) is 0 Å². The second kappa shape index (κ2) is 7.51. The molecule has 0 radical (unpaired) electrons. The van der Waals surface area contributed by atoms with Crippen LogP contribution in [0.15, 0.2) is 53.6 Å². The summed E-state index contributed by atoms with van der Waals surface area (Å²) in [6.07, 6.45) is 1.57. The molecule has 0 aliphatic heterocycles. The lowest BCUT2D eigenvalue weighted by Crippen LogP contribution is -2.17. The van der Waals surface area contributed by atoms with E-state index in [1.807, 2.05) is 31.2 Å². The van der Waals surface area contributed by atoms with Crippen molar-refractivity contribution in [2.45, 2.75) is 6.92 Å². The van der Waals surface area contributed by atoms with E-state index in [2.05, 4.69) is 20.7 Å². The van der Waals surface area contributed by atoms with Crippen molar-refractivity contribution in [3.05, 3.63) is 75.4 Å². The highest BCUT2D eigenvalue weighted by molar-refractivity contribution is 6.36. The summed E-state index contributed by atoms with van der Waals surface area (Å²) in [6.45, 7) is 2.01. The van der Waals surface area contributed by atoms with Crippen molar-refractivity contribution in [2.75, 3.05) is 0 Å². The molecule has 2 N–H and O–H groups in total. The Balaban J connectivity index is 1.69. The first-order valence-corrected chi connectivity index (χ1v) is 8.19. The van der Waals surface area contributed by atoms with Gasteiger partial charge in [0.25, 0.3) is 5.91 Å². The molecule has 0 aliphatic carbocycles. The fourth-order valence-corrected chi connectivity index (χ4v) is 2.66. The number of aromatic amines is 1. The van der Waals surface area contributed by atoms with E-state index >= 15 is 0 Å². The first-order chi connectivity index (χ1) is 12.0. The Hall–Kier alpha value is -2.63. The number of aromatic nitrogens is 2. The van der Waals surface area contributed by atoms with E-state index in [1.165, 1.54) is 0 Å². The topological polar surface area (TPSA) is 70.1 Å². The molecule has 5 nitrogen and oxygen atoms in total. The smallest absolute Gasteiger partial charge is 0.272 e. The van der Waals surface area contributed by atoms with Gasteiger partial charge in [0.05, 0.1) is 16.9 Å². The third-order valence-electron chi connectivity index (χ3n) is 3.49. The van der Waals surface area contributed by atoms with Crippen LogP contribution in [0.2, 0.25) is 10.0 Å². The highest BCUT2D eigenvalue weighted by Crippen LogP contribution is 2.29. The van der Waals surface area contributed by atoms with Crippen molar-refractivity contribution in [3.63, 3.8) is 0 Å². The lowest BCUT2D eigenvalue weighted by Gasteiger charge is -2.00. The molecule has 0 atom stereocenters. The van der Waals surface area contributed by atoms with E-state index in [4.69, 9.17) is 23.2 Å².